The lowest BCUT2D eigenvalue weighted by molar-refractivity contribution is -0.137. The van der Waals surface area contributed by atoms with Gasteiger partial charge in [-0.3, -0.25) is 4.79 Å². The summed E-state index contributed by atoms with van der Waals surface area (Å²) in [7, 11) is 0. The van der Waals surface area contributed by atoms with Gasteiger partial charge in [-0.15, -0.1) is 12.4 Å². The van der Waals surface area contributed by atoms with Gasteiger partial charge in [0.25, 0.3) is 5.91 Å². The Balaban J connectivity index is 0.00000192. The molecule has 3 rings (SSSR count). The quantitative estimate of drug-likeness (QED) is 0.823. The van der Waals surface area contributed by atoms with Gasteiger partial charge in [0, 0.05) is 19.1 Å². The molecule has 1 saturated carbocycles. The summed E-state index contributed by atoms with van der Waals surface area (Å²) in [6.45, 7) is 1.16. The molecule has 3 unspecified atom stereocenters. The van der Waals surface area contributed by atoms with Gasteiger partial charge in [0.05, 0.1) is 16.1 Å². The minimum absolute atomic E-state index is 0. The van der Waals surface area contributed by atoms with Crippen LogP contribution >= 0.6 is 24.0 Å². The largest absolute Gasteiger partial charge is 0.416 e. The van der Waals surface area contributed by atoms with Crippen LogP contribution < -0.4 is 5.73 Å². The SMILES string of the molecule is Cl.NC1CCC2CN(C(=O)c3ccc(C(F)(F)F)cc3Cl)CC12. The Bertz CT molecular complexity index is 609. The van der Waals surface area contributed by atoms with Crippen LogP contribution in [0.1, 0.15) is 28.8 Å². The van der Waals surface area contributed by atoms with Gasteiger partial charge in [0.2, 0.25) is 0 Å². The molecule has 0 aromatic heterocycles. The Labute approximate surface area is 143 Å². The first kappa shape index (κ1) is 18.4. The molecule has 0 bridgehead atoms. The van der Waals surface area contributed by atoms with Gasteiger partial charge in [-0.25, -0.2) is 0 Å². The highest BCUT2D eigenvalue weighted by molar-refractivity contribution is 6.33. The fourth-order valence-electron chi connectivity index (χ4n) is 3.51. The van der Waals surface area contributed by atoms with Crippen molar-refractivity contribution < 1.29 is 18.0 Å². The van der Waals surface area contributed by atoms with Gasteiger partial charge in [-0.2, -0.15) is 13.2 Å². The normalized spacial score (nSPS) is 26.8. The van der Waals surface area contributed by atoms with Crippen molar-refractivity contribution in [2.75, 3.05) is 13.1 Å². The minimum atomic E-state index is -4.47. The lowest BCUT2D eigenvalue weighted by atomic mass is 9.98. The Morgan fingerprint density at radius 3 is 2.52 bits per heavy atom. The van der Waals surface area contributed by atoms with E-state index in [4.69, 9.17) is 17.3 Å². The number of hydrogen-bond acceptors (Lipinski definition) is 2. The summed E-state index contributed by atoms with van der Waals surface area (Å²) < 4.78 is 37.9. The van der Waals surface area contributed by atoms with E-state index in [2.05, 4.69) is 0 Å². The van der Waals surface area contributed by atoms with Crippen molar-refractivity contribution in [2.45, 2.75) is 25.1 Å². The second-order valence-corrected chi connectivity index (χ2v) is 6.47. The first-order chi connectivity index (χ1) is 10.3. The van der Waals surface area contributed by atoms with E-state index in [0.717, 1.165) is 31.0 Å². The zero-order valence-electron chi connectivity index (χ0n) is 12.1. The number of nitrogens with zero attached hydrogens (tertiary/aromatic N) is 1. The smallest absolute Gasteiger partial charge is 0.338 e. The molecule has 1 aliphatic carbocycles. The molecule has 1 amide bonds. The Morgan fingerprint density at radius 1 is 1.26 bits per heavy atom. The number of benzene rings is 1. The lowest BCUT2D eigenvalue weighted by Crippen LogP contribution is -2.33. The molecule has 1 aliphatic heterocycles. The molecule has 2 N–H and O–H groups in total. The maximum atomic E-state index is 12.6. The molecule has 0 radical (unpaired) electrons. The highest BCUT2D eigenvalue weighted by Gasteiger charge is 2.43. The predicted molar refractivity (Wildman–Crippen MR) is 83.8 cm³/mol. The standard InChI is InChI=1S/C15H16ClF3N2O.ClH/c16-12-5-9(15(17,18)19)2-3-10(12)14(22)21-6-8-1-4-13(20)11(8)7-21;/h2-3,5,8,11,13H,1,4,6-7,20H2;1H. The van der Waals surface area contributed by atoms with Crippen LogP contribution in [0.2, 0.25) is 5.02 Å². The average Bonchev–Trinajstić information content (AvgIpc) is 3.00. The predicted octanol–water partition coefficient (Wildman–Crippen LogP) is 3.59. The number of halogens is 5. The van der Waals surface area contributed by atoms with Crippen LogP contribution in [-0.4, -0.2) is 29.9 Å². The van der Waals surface area contributed by atoms with Crippen LogP contribution in [0.15, 0.2) is 18.2 Å². The van der Waals surface area contributed by atoms with E-state index in [0.29, 0.717) is 19.0 Å². The second-order valence-electron chi connectivity index (χ2n) is 6.07. The van der Waals surface area contributed by atoms with Crippen LogP contribution in [0.5, 0.6) is 0 Å². The zero-order chi connectivity index (χ0) is 16.1. The third-order valence-electron chi connectivity index (χ3n) is 4.73. The molecule has 0 spiro atoms. The first-order valence-electron chi connectivity index (χ1n) is 7.19. The van der Waals surface area contributed by atoms with Crippen LogP contribution in [-0.2, 0) is 6.18 Å². The van der Waals surface area contributed by atoms with Crippen LogP contribution in [0.25, 0.3) is 0 Å². The van der Waals surface area contributed by atoms with Gasteiger partial charge >= 0.3 is 6.18 Å². The number of alkyl halides is 3. The van der Waals surface area contributed by atoms with E-state index in [-0.39, 0.29) is 40.9 Å². The van der Waals surface area contributed by atoms with Crippen LogP contribution in [0, 0.1) is 11.8 Å². The Hall–Kier alpha value is -0.980. The van der Waals surface area contributed by atoms with E-state index in [1.165, 1.54) is 0 Å². The first-order valence-corrected chi connectivity index (χ1v) is 7.57. The van der Waals surface area contributed by atoms with Crippen molar-refractivity contribution in [3.63, 3.8) is 0 Å². The molecule has 23 heavy (non-hydrogen) atoms. The fourth-order valence-corrected chi connectivity index (χ4v) is 3.77. The summed E-state index contributed by atoms with van der Waals surface area (Å²) in [4.78, 5) is 14.1. The van der Waals surface area contributed by atoms with Crippen molar-refractivity contribution in [1.29, 1.82) is 0 Å². The number of amides is 1. The maximum absolute atomic E-state index is 12.6. The summed E-state index contributed by atoms with van der Waals surface area (Å²) in [6, 6.07) is 2.95. The molecular formula is C15H17Cl2F3N2O. The third kappa shape index (κ3) is 3.44. The van der Waals surface area contributed by atoms with Crippen molar-refractivity contribution >= 4 is 29.9 Å². The van der Waals surface area contributed by atoms with Gasteiger partial charge < -0.3 is 10.6 Å². The van der Waals surface area contributed by atoms with E-state index in [1.807, 2.05) is 0 Å². The number of fused-ring (bicyclic) bond motifs is 1. The monoisotopic (exact) mass is 368 g/mol. The Kier molecular flexibility index (Phi) is 5.18. The highest BCUT2D eigenvalue weighted by atomic mass is 35.5. The number of carbonyl (C=O) groups is 1. The molecule has 128 valence electrons. The topological polar surface area (TPSA) is 46.3 Å². The van der Waals surface area contributed by atoms with E-state index < -0.39 is 11.7 Å². The molecule has 3 nitrogen and oxygen atoms in total. The van der Waals surface area contributed by atoms with Crippen molar-refractivity contribution in [3.05, 3.63) is 34.3 Å². The average molecular weight is 369 g/mol. The molecule has 1 saturated heterocycles. The third-order valence-corrected chi connectivity index (χ3v) is 5.04. The summed E-state index contributed by atoms with van der Waals surface area (Å²) in [5, 5.41) is -0.166. The molecular weight excluding hydrogens is 352 g/mol. The van der Waals surface area contributed by atoms with Gasteiger partial charge in [0.1, 0.15) is 0 Å². The van der Waals surface area contributed by atoms with Crippen molar-refractivity contribution in [3.8, 4) is 0 Å². The van der Waals surface area contributed by atoms with Crippen LogP contribution in [0.3, 0.4) is 0 Å². The lowest BCUT2D eigenvalue weighted by Gasteiger charge is -2.20. The molecule has 1 aromatic rings. The summed E-state index contributed by atoms with van der Waals surface area (Å²) in [6.07, 6.45) is -2.50. The number of hydrogen-bond donors (Lipinski definition) is 1. The van der Waals surface area contributed by atoms with Crippen molar-refractivity contribution in [2.24, 2.45) is 17.6 Å². The Morgan fingerprint density at radius 2 is 1.96 bits per heavy atom. The second kappa shape index (κ2) is 6.49. The molecule has 1 heterocycles. The van der Waals surface area contributed by atoms with Crippen LogP contribution in [0.4, 0.5) is 13.2 Å². The van der Waals surface area contributed by atoms with Gasteiger partial charge in [-0.05, 0) is 42.9 Å². The minimum Gasteiger partial charge on any atom is -0.338 e. The molecule has 8 heteroatoms. The molecule has 2 fully saturated rings. The summed E-state index contributed by atoms with van der Waals surface area (Å²) in [5.74, 6) is 0.365. The van der Waals surface area contributed by atoms with E-state index in [9.17, 15) is 18.0 Å². The molecule has 2 aliphatic rings. The summed E-state index contributed by atoms with van der Waals surface area (Å²) >= 11 is 5.89. The molecule has 3 atom stereocenters. The number of rotatable bonds is 1. The maximum Gasteiger partial charge on any atom is 0.416 e. The molecule has 1 aromatic carbocycles. The fraction of sp³-hybridized carbons (Fsp3) is 0.533. The van der Waals surface area contributed by atoms with E-state index >= 15 is 0 Å². The number of carbonyl (C=O) groups excluding carboxylic acids is 1. The zero-order valence-corrected chi connectivity index (χ0v) is 13.7. The highest BCUT2D eigenvalue weighted by Crippen LogP contribution is 2.38. The number of likely N-dealkylation sites (tertiary alicyclic amines) is 1. The van der Waals surface area contributed by atoms with E-state index in [1.54, 1.807) is 4.90 Å². The summed E-state index contributed by atoms with van der Waals surface area (Å²) in [5.41, 5.74) is 5.29. The van der Waals surface area contributed by atoms with Gasteiger partial charge in [-0.1, -0.05) is 11.6 Å². The number of nitrogens with two attached hydrogens (primary N) is 1. The van der Waals surface area contributed by atoms with Crippen molar-refractivity contribution in [1.82, 2.24) is 4.90 Å². The van der Waals surface area contributed by atoms with Gasteiger partial charge in [0.15, 0.2) is 0 Å².